The van der Waals surface area contributed by atoms with E-state index in [1.807, 2.05) is 19.1 Å². The van der Waals surface area contributed by atoms with E-state index in [-0.39, 0.29) is 0 Å². The second-order valence-corrected chi connectivity index (χ2v) is 4.82. The molecule has 1 unspecified atom stereocenters. The Morgan fingerprint density at radius 3 is 2.78 bits per heavy atom. The summed E-state index contributed by atoms with van der Waals surface area (Å²) in [6.45, 7) is 6.31. The summed E-state index contributed by atoms with van der Waals surface area (Å²) >= 11 is 0. The largest absolute Gasteiger partial charge is 0.385 e. The van der Waals surface area contributed by atoms with Gasteiger partial charge in [0, 0.05) is 13.7 Å². The van der Waals surface area contributed by atoms with Crippen molar-refractivity contribution in [3.8, 4) is 0 Å². The van der Waals surface area contributed by atoms with Gasteiger partial charge in [0.1, 0.15) is 0 Å². The third kappa shape index (κ3) is 4.77. The molecule has 18 heavy (non-hydrogen) atoms. The Morgan fingerprint density at radius 2 is 2.11 bits per heavy atom. The molecule has 3 heteroatoms. The topological polar surface area (TPSA) is 41.5 Å². The lowest BCUT2D eigenvalue weighted by atomic mass is 9.91. The summed E-state index contributed by atoms with van der Waals surface area (Å²) in [6.07, 6.45) is 1.69. The number of aliphatic hydroxyl groups is 1. The van der Waals surface area contributed by atoms with Crippen LogP contribution in [-0.4, -0.2) is 31.9 Å². The first-order valence-corrected chi connectivity index (χ1v) is 6.61. The van der Waals surface area contributed by atoms with Crippen LogP contribution in [0.5, 0.6) is 0 Å². The van der Waals surface area contributed by atoms with Crippen LogP contribution in [0, 0.1) is 0 Å². The highest BCUT2D eigenvalue weighted by atomic mass is 16.5. The zero-order valence-corrected chi connectivity index (χ0v) is 11.7. The molecule has 0 saturated heterocycles. The number of aryl methyl sites for hydroxylation is 1. The number of methoxy groups -OCH3 is 1. The molecule has 0 aliphatic carbocycles. The van der Waals surface area contributed by atoms with Gasteiger partial charge in [0.05, 0.1) is 12.2 Å². The Bertz CT molecular complexity index is 350. The molecule has 1 aromatic carbocycles. The summed E-state index contributed by atoms with van der Waals surface area (Å²) in [5.74, 6) is 0. The van der Waals surface area contributed by atoms with Crippen LogP contribution < -0.4 is 5.32 Å². The first kappa shape index (κ1) is 15.2. The molecule has 0 saturated carbocycles. The van der Waals surface area contributed by atoms with Crippen LogP contribution >= 0.6 is 0 Å². The van der Waals surface area contributed by atoms with Crippen LogP contribution in [0.2, 0.25) is 0 Å². The quantitative estimate of drug-likeness (QED) is 0.695. The van der Waals surface area contributed by atoms with E-state index in [1.54, 1.807) is 7.11 Å². The first-order valence-electron chi connectivity index (χ1n) is 6.61. The van der Waals surface area contributed by atoms with Crippen LogP contribution in [0.25, 0.3) is 0 Å². The number of hydrogen-bond donors (Lipinski definition) is 2. The predicted molar refractivity (Wildman–Crippen MR) is 74.8 cm³/mol. The van der Waals surface area contributed by atoms with Gasteiger partial charge in [-0.05, 0) is 37.4 Å². The maximum Gasteiger partial charge on any atom is 0.0880 e. The van der Waals surface area contributed by atoms with E-state index in [0.717, 1.165) is 25.1 Å². The number of nitrogens with one attached hydrogen (secondary N) is 1. The second-order valence-electron chi connectivity index (χ2n) is 4.82. The van der Waals surface area contributed by atoms with Crippen LogP contribution in [0.1, 0.15) is 31.4 Å². The Kier molecular flexibility index (Phi) is 6.33. The van der Waals surface area contributed by atoms with Crippen LogP contribution in [0.15, 0.2) is 24.3 Å². The molecule has 0 spiro atoms. The maximum atomic E-state index is 10.5. The molecule has 0 aliphatic rings. The fourth-order valence-electron chi connectivity index (χ4n) is 1.90. The van der Waals surface area contributed by atoms with Crippen molar-refractivity contribution >= 4 is 0 Å². The lowest BCUT2D eigenvalue weighted by Gasteiger charge is -2.24. The van der Waals surface area contributed by atoms with Gasteiger partial charge in [-0.1, -0.05) is 31.2 Å². The number of ether oxygens (including phenoxy) is 1. The summed E-state index contributed by atoms with van der Waals surface area (Å²) in [5, 5.41) is 13.7. The van der Waals surface area contributed by atoms with Gasteiger partial charge in [-0.15, -0.1) is 0 Å². The van der Waals surface area contributed by atoms with Crippen molar-refractivity contribution in [1.29, 1.82) is 0 Å². The van der Waals surface area contributed by atoms with E-state index in [9.17, 15) is 5.11 Å². The van der Waals surface area contributed by atoms with E-state index in [2.05, 4.69) is 24.4 Å². The van der Waals surface area contributed by atoms with E-state index >= 15 is 0 Å². The minimum atomic E-state index is -0.773. The third-order valence-electron chi connectivity index (χ3n) is 3.23. The molecule has 102 valence electrons. The minimum absolute atomic E-state index is 0.698. The SMILES string of the molecule is CCc1cccc(C(C)(O)CCNCCOC)c1. The summed E-state index contributed by atoms with van der Waals surface area (Å²) < 4.78 is 4.96. The normalized spacial score (nSPS) is 14.4. The molecule has 0 aromatic heterocycles. The molecular formula is C15H25NO2. The fourth-order valence-corrected chi connectivity index (χ4v) is 1.90. The van der Waals surface area contributed by atoms with Gasteiger partial charge >= 0.3 is 0 Å². The van der Waals surface area contributed by atoms with Crippen molar-refractivity contribution in [3.63, 3.8) is 0 Å². The smallest absolute Gasteiger partial charge is 0.0880 e. The van der Waals surface area contributed by atoms with Crippen molar-refractivity contribution in [2.45, 2.75) is 32.3 Å². The Labute approximate surface area is 110 Å². The van der Waals surface area contributed by atoms with Gasteiger partial charge in [0.25, 0.3) is 0 Å². The van der Waals surface area contributed by atoms with E-state index in [0.29, 0.717) is 13.0 Å². The van der Waals surface area contributed by atoms with Gasteiger partial charge in [0.15, 0.2) is 0 Å². The Morgan fingerprint density at radius 1 is 1.33 bits per heavy atom. The standard InChI is InChI=1S/C15H25NO2/c1-4-13-6-5-7-14(12-13)15(2,17)8-9-16-10-11-18-3/h5-7,12,16-17H,4,8-11H2,1-3H3. The zero-order valence-electron chi connectivity index (χ0n) is 11.7. The summed E-state index contributed by atoms with van der Waals surface area (Å²) in [7, 11) is 1.69. The van der Waals surface area contributed by atoms with Crippen LogP contribution in [-0.2, 0) is 16.8 Å². The first-order chi connectivity index (χ1) is 8.60. The molecule has 0 bridgehead atoms. The number of rotatable bonds is 8. The highest BCUT2D eigenvalue weighted by molar-refractivity contribution is 5.27. The van der Waals surface area contributed by atoms with Gasteiger partial charge in [-0.25, -0.2) is 0 Å². The molecule has 0 radical (unpaired) electrons. The van der Waals surface area contributed by atoms with Crippen molar-refractivity contribution in [2.75, 3.05) is 26.8 Å². The molecular weight excluding hydrogens is 226 g/mol. The van der Waals surface area contributed by atoms with Crippen molar-refractivity contribution in [2.24, 2.45) is 0 Å². The van der Waals surface area contributed by atoms with Crippen molar-refractivity contribution < 1.29 is 9.84 Å². The summed E-state index contributed by atoms with van der Waals surface area (Å²) in [5.41, 5.74) is 1.49. The summed E-state index contributed by atoms with van der Waals surface area (Å²) in [6, 6.07) is 8.20. The van der Waals surface area contributed by atoms with Gasteiger partial charge in [-0.3, -0.25) is 0 Å². The minimum Gasteiger partial charge on any atom is -0.385 e. The molecule has 0 amide bonds. The second kappa shape index (κ2) is 7.52. The maximum absolute atomic E-state index is 10.5. The molecule has 1 aromatic rings. The Hall–Kier alpha value is -0.900. The molecule has 1 atom stereocenters. The highest BCUT2D eigenvalue weighted by Crippen LogP contribution is 2.24. The lowest BCUT2D eigenvalue weighted by Crippen LogP contribution is -2.29. The zero-order chi connectivity index (χ0) is 13.4. The predicted octanol–water partition coefficient (Wildman–Crippen LogP) is 2.08. The van der Waals surface area contributed by atoms with Crippen molar-refractivity contribution in [1.82, 2.24) is 5.32 Å². The molecule has 0 fully saturated rings. The van der Waals surface area contributed by atoms with Gasteiger partial charge < -0.3 is 15.2 Å². The highest BCUT2D eigenvalue weighted by Gasteiger charge is 2.22. The average Bonchev–Trinajstić information content (AvgIpc) is 2.38. The average molecular weight is 251 g/mol. The monoisotopic (exact) mass is 251 g/mol. The fraction of sp³-hybridized carbons (Fsp3) is 0.600. The van der Waals surface area contributed by atoms with E-state index in [4.69, 9.17) is 4.74 Å². The number of hydrogen-bond acceptors (Lipinski definition) is 3. The van der Waals surface area contributed by atoms with Gasteiger partial charge in [0.2, 0.25) is 0 Å². The van der Waals surface area contributed by atoms with Gasteiger partial charge in [-0.2, -0.15) is 0 Å². The third-order valence-corrected chi connectivity index (χ3v) is 3.23. The molecule has 1 rings (SSSR count). The van der Waals surface area contributed by atoms with Crippen LogP contribution in [0.3, 0.4) is 0 Å². The lowest BCUT2D eigenvalue weighted by molar-refractivity contribution is 0.0474. The molecule has 0 heterocycles. The molecule has 2 N–H and O–H groups in total. The number of benzene rings is 1. The van der Waals surface area contributed by atoms with Crippen molar-refractivity contribution in [3.05, 3.63) is 35.4 Å². The van der Waals surface area contributed by atoms with E-state index < -0.39 is 5.60 Å². The van der Waals surface area contributed by atoms with E-state index in [1.165, 1.54) is 5.56 Å². The molecule has 0 aliphatic heterocycles. The Balaban J connectivity index is 2.50. The van der Waals surface area contributed by atoms with Crippen LogP contribution in [0.4, 0.5) is 0 Å². The molecule has 3 nitrogen and oxygen atoms in total. The summed E-state index contributed by atoms with van der Waals surface area (Å²) in [4.78, 5) is 0.